The van der Waals surface area contributed by atoms with E-state index in [0.717, 1.165) is 6.42 Å². The van der Waals surface area contributed by atoms with E-state index >= 15 is 0 Å². The monoisotopic (exact) mass is 442 g/mol. The molecule has 0 saturated heterocycles. The van der Waals surface area contributed by atoms with Crippen molar-refractivity contribution in [1.82, 2.24) is 10.6 Å². The van der Waals surface area contributed by atoms with Gasteiger partial charge in [0, 0.05) is 11.3 Å². The number of allylic oxidation sites excluding steroid dienone is 1. The van der Waals surface area contributed by atoms with Gasteiger partial charge in [-0.15, -0.1) is 0 Å². The van der Waals surface area contributed by atoms with Crippen LogP contribution in [0.25, 0.3) is 0 Å². The highest BCUT2D eigenvalue weighted by Gasteiger charge is 2.33. The summed E-state index contributed by atoms with van der Waals surface area (Å²) >= 11 is 0. The second-order valence-electron chi connectivity index (χ2n) is 7.18. The number of ether oxygens (including phenoxy) is 3. The lowest BCUT2D eigenvalue weighted by molar-refractivity contribution is -0.139. The van der Waals surface area contributed by atoms with Gasteiger partial charge in [-0.2, -0.15) is 0 Å². The fraction of sp³-hybridized carbons (Fsp3) is 0.333. The molecule has 2 aromatic rings. The number of nitrogens with one attached hydrogen (secondary N) is 2. The van der Waals surface area contributed by atoms with Gasteiger partial charge in [0.05, 0.1) is 25.3 Å². The number of rotatable bonds is 9. The summed E-state index contributed by atoms with van der Waals surface area (Å²) in [6.45, 7) is 3.94. The number of methoxy groups -OCH3 is 1. The first kappa shape index (κ1) is 23.1. The second-order valence-corrected chi connectivity index (χ2v) is 7.18. The summed E-state index contributed by atoms with van der Waals surface area (Å²) in [6, 6.07) is 10.4. The minimum Gasteiger partial charge on any atom is -0.493 e. The molecular weight excluding hydrogens is 415 g/mol. The van der Waals surface area contributed by atoms with Crippen LogP contribution in [0.3, 0.4) is 0 Å². The number of halogens is 1. The Labute approximate surface area is 186 Å². The maximum Gasteiger partial charge on any atom is 0.338 e. The van der Waals surface area contributed by atoms with Crippen molar-refractivity contribution < 1.29 is 28.2 Å². The van der Waals surface area contributed by atoms with Crippen LogP contribution in [-0.4, -0.2) is 25.7 Å². The lowest BCUT2D eigenvalue weighted by Crippen LogP contribution is -2.46. The molecule has 3 rings (SSSR count). The summed E-state index contributed by atoms with van der Waals surface area (Å²) in [5.41, 5.74) is 1.95. The first-order valence-corrected chi connectivity index (χ1v) is 10.5. The molecule has 0 aliphatic carbocycles. The molecule has 0 bridgehead atoms. The Morgan fingerprint density at radius 1 is 1.12 bits per heavy atom. The van der Waals surface area contributed by atoms with Crippen LogP contribution in [-0.2, 0) is 16.1 Å². The van der Waals surface area contributed by atoms with Crippen LogP contribution in [0.15, 0.2) is 53.7 Å². The molecule has 0 aromatic heterocycles. The predicted molar refractivity (Wildman–Crippen MR) is 117 cm³/mol. The average molecular weight is 442 g/mol. The maximum atomic E-state index is 13.9. The summed E-state index contributed by atoms with van der Waals surface area (Å²) < 4.78 is 30.4. The molecule has 7 nitrogen and oxygen atoms in total. The SMILES string of the molecule is CCCC1=C(C(=O)OCC)C(c2ccc(OCc3ccccc3F)c(OC)c2)NC(=O)N1. The van der Waals surface area contributed by atoms with Gasteiger partial charge in [-0.25, -0.2) is 14.0 Å². The summed E-state index contributed by atoms with van der Waals surface area (Å²) in [6.07, 6.45) is 1.27. The van der Waals surface area contributed by atoms with Crippen LogP contribution < -0.4 is 20.1 Å². The lowest BCUT2D eigenvalue weighted by atomic mass is 9.93. The fourth-order valence-electron chi connectivity index (χ4n) is 3.52. The molecule has 1 heterocycles. The quantitative estimate of drug-likeness (QED) is 0.563. The standard InChI is InChI=1S/C24H27FN2O5/c1-4-8-18-21(23(28)31-5-2)22(27-24(29)26-18)15-11-12-19(20(13-15)30-3)32-14-16-9-6-7-10-17(16)25/h6-7,9-13,22H,4-5,8,14H2,1-3H3,(H2,26,27,29). The molecule has 0 saturated carbocycles. The molecule has 1 atom stereocenters. The van der Waals surface area contributed by atoms with Crippen molar-refractivity contribution in [2.45, 2.75) is 39.3 Å². The first-order chi connectivity index (χ1) is 15.5. The van der Waals surface area contributed by atoms with E-state index in [9.17, 15) is 14.0 Å². The molecule has 32 heavy (non-hydrogen) atoms. The molecule has 2 N–H and O–H groups in total. The Balaban J connectivity index is 1.92. The van der Waals surface area contributed by atoms with Crippen LogP contribution >= 0.6 is 0 Å². The van der Waals surface area contributed by atoms with Crippen molar-refractivity contribution in [3.8, 4) is 11.5 Å². The summed E-state index contributed by atoms with van der Waals surface area (Å²) in [5, 5.41) is 5.52. The van der Waals surface area contributed by atoms with Gasteiger partial charge in [0.1, 0.15) is 12.4 Å². The van der Waals surface area contributed by atoms with Crippen LogP contribution in [0.1, 0.15) is 43.9 Å². The van der Waals surface area contributed by atoms with Gasteiger partial charge >= 0.3 is 12.0 Å². The molecule has 1 unspecified atom stereocenters. The fourth-order valence-corrected chi connectivity index (χ4v) is 3.52. The predicted octanol–water partition coefficient (Wildman–Crippen LogP) is 4.38. The zero-order chi connectivity index (χ0) is 23.1. The van der Waals surface area contributed by atoms with Gasteiger partial charge in [0.2, 0.25) is 0 Å². The van der Waals surface area contributed by atoms with Crippen LogP contribution in [0.4, 0.5) is 9.18 Å². The number of carbonyl (C=O) groups is 2. The molecule has 2 aromatic carbocycles. The third-order valence-electron chi connectivity index (χ3n) is 5.01. The van der Waals surface area contributed by atoms with E-state index in [0.29, 0.717) is 40.3 Å². The number of urea groups is 1. The number of esters is 1. The molecule has 0 fully saturated rings. The molecule has 0 spiro atoms. The van der Waals surface area contributed by atoms with E-state index < -0.39 is 18.0 Å². The molecule has 1 aliphatic heterocycles. The van der Waals surface area contributed by atoms with Gasteiger partial charge in [0.25, 0.3) is 0 Å². The molecule has 1 aliphatic rings. The third kappa shape index (κ3) is 5.19. The van der Waals surface area contributed by atoms with Gasteiger partial charge < -0.3 is 24.8 Å². The number of benzene rings is 2. The number of amides is 2. The minimum atomic E-state index is -0.709. The van der Waals surface area contributed by atoms with Crippen LogP contribution in [0, 0.1) is 5.82 Å². The van der Waals surface area contributed by atoms with E-state index in [4.69, 9.17) is 14.2 Å². The Bertz CT molecular complexity index is 1020. The van der Waals surface area contributed by atoms with Crippen molar-refractivity contribution in [1.29, 1.82) is 0 Å². The Kier molecular flexibility index (Phi) is 7.70. The van der Waals surface area contributed by atoms with E-state index in [1.807, 2.05) is 6.92 Å². The van der Waals surface area contributed by atoms with Gasteiger partial charge in [-0.05, 0) is 37.1 Å². The van der Waals surface area contributed by atoms with E-state index in [2.05, 4.69) is 10.6 Å². The van der Waals surface area contributed by atoms with E-state index in [-0.39, 0.29) is 19.0 Å². The largest absolute Gasteiger partial charge is 0.493 e. The number of hydrogen-bond acceptors (Lipinski definition) is 5. The number of hydrogen-bond donors (Lipinski definition) is 2. The highest BCUT2D eigenvalue weighted by molar-refractivity contribution is 5.95. The summed E-state index contributed by atoms with van der Waals surface area (Å²) in [5.74, 6) is -0.0393. The van der Waals surface area contributed by atoms with Crippen molar-refractivity contribution in [2.24, 2.45) is 0 Å². The van der Waals surface area contributed by atoms with Crippen molar-refractivity contribution in [2.75, 3.05) is 13.7 Å². The third-order valence-corrected chi connectivity index (χ3v) is 5.01. The average Bonchev–Trinajstić information content (AvgIpc) is 2.78. The normalized spacial score (nSPS) is 15.6. The van der Waals surface area contributed by atoms with Gasteiger partial charge in [-0.1, -0.05) is 37.6 Å². The number of carbonyl (C=O) groups excluding carboxylic acids is 2. The Morgan fingerprint density at radius 3 is 2.59 bits per heavy atom. The highest BCUT2D eigenvalue weighted by Crippen LogP contribution is 2.35. The Hall–Kier alpha value is -3.55. The van der Waals surface area contributed by atoms with Crippen molar-refractivity contribution in [3.05, 3.63) is 70.7 Å². The highest BCUT2D eigenvalue weighted by atomic mass is 19.1. The van der Waals surface area contributed by atoms with Crippen molar-refractivity contribution >= 4 is 12.0 Å². The topological polar surface area (TPSA) is 85.9 Å². The van der Waals surface area contributed by atoms with Gasteiger partial charge in [0.15, 0.2) is 11.5 Å². The van der Waals surface area contributed by atoms with Crippen LogP contribution in [0.2, 0.25) is 0 Å². The van der Waals surface area contributed by atoms with Crippen molar-refractivity contribution in [3.63, 3.8) is 0 Å². The molecule has 8 heteroatoms. The first-order valence-electron chi connectivity index (χ1n) is 10.5. The summed E-state index contributed by atoms with van der Waals surface area (Å²) in [4.78, 5) is 25.0. The summed E-state index contributed by atoms with van der Waals surface area (Å²) in [7, 11) is 1.49. The lowest BCUT2D eigenvalue weighted by Gasteiger charge is -2.29. The minimum absolute atomic E-state index is 0.0289. The molecule has 170 valence electrons. The zero-order valence-electron chi connectivity index (χ0n) is 18.4. The molecular formula is C24H27FN2O5. The Morgan fingerprint density at radius 2 is 1.91 bits per heavy atom. The smallest absolute Gasteiger partial charge is 0.338 e. The molecule has 2 amide bonds. The van der Waals surface area contributed by atoms with Gasteiger partial charge in [-0.3, -0.25) is 0 Å². The van der Waals surface area contributed by atoms with E-state index in [1.54, 1.807) is 43.3 Å². The maximum absolute atomic E-state index is 13.9. The van der Waals surface area contributed by atoms with E-state index in [1.165, 1.54) is 13.2 Å². The molecule has 0 radical (unpaired) electrons. The zero-order valence-corrected chi connectivity index (χ0v) is 18.4. The van der Waals surface area contributed by atoms with Crippen LogP contribution in [0.5, 0.6) is 11.5 Å². The second kappa shape index (κ2) is 10.7.